The highest BCUT2D eigenvalue weighted by Gasteiger charge is 2.25. The topological polar surface area (TPSA) is 117 Å². The first-order valence-corrected chi connectivity index (χ1v) is 10.2. The summed E-state index contributed by atoms with van der Waals surface area (Å²) in [5.41, 5.74) is -0.997. The molecule has 1 aliphatic rings. The zero-order valence-electron chi connectivity index (χ0n) is 16.0. The quantitative estimate of drug-likeness (QED) is 0.686. The molecule has 2 aromatic rings. The summed E-state index contributed by atoms with van der Waals surface area (Å²) in [5, 5.41) is 14.0. The Morgan fingerprint density at radius 2 is 2.17 bits per heavy atom. The van der Waals surface area contributed by atoms with E-state index in [0.717, 1.165) is 9.44 Å². The number of carbonyl (C=O) groups is 2. The van der Waals surface area contributed by atoms with Crippen molar-refractivity contribution in [2.24, 2.45) is 0 Å². The maximum Gasteiger partial charge on any atom is 0.331 e. The molecule has 0 saturated heterocycles. The van der Waals surface area contributed by atoms with Crippen molar-refractivity contribution < 1.29 is 9.59 Å². The Labute approximate surface area is 170 Å². The highest BCUT2D eigenvalue weighted by molar-refractivity contribution is 7.09. The lowest BCUT2D eigenvalue weighted by Crippen LogP contribution is -2.47. The van der Waals surface area contributed by atoms with E-state index in [9.17, 15) is 24.4 Å². The van der Waals surface area contributed by atoms with Gasteiger partial charge < -0.3 is 10.2 Å². The van der Waals surface area contributed by atoms with Crippen LogP contribution in [0.3, 0.4) is 0 Å². The van der Waals surface area contributed by atoms with Crippen LogP contribution in [-0.4, -0.2) is 38.9 Å². The standard InChI is InChI=1S/C19H21N5O4S/c1-2-22(11-16(25)21-10-13-5-4-8-29-13)17(26)12-24-18(27)14(9-20)15-6-3-7-23(15)19(24)28/h4-5,8H,2-3,6-7,10-12H2,1H3,(H,21,25). The largest absolute Gasteiger partial charge is 0.350 e. The van der Waals surface area contributed by atoms with Gasteiger partial charge in [-0.25, -0.2) is 9.36 Å². The van der Waals surface area contributed by atoms with E-state index in [2.05, 4.69) is 5.32 Å². The highest BCUT2D eigenvalue weighted by atomic mass is 32.1. The minimum Gasteiger partial charge on any atom is -0.350 e. The number of nitriles is 1. The van der Waals surface area contributed by atoms with Crippen LogP contribution in [0.2, 0.25) is 0 Å². The second-order valence-corrected chi connectivity index (χ2v) is 7.66. The monoisotopic (exact) mass is 415 g/mol. The van der Waals surface area contributed by atoms with Gasteiger partial charge in [-0.2, -0.15) is 5.26 Å². The van der Waals surface area contributed by atoms with E-state index in [4.69, 9.17) is 0 Å². The van der Waals surface area contributed by atoms with Gasteiger partial charge in [0, 0.05) is 23.7 Å². The molecule has 0 unspecified atom stereocenters. The molecule has 10 heteroatoms. The van der Waals surface area contributed by atoms with Crippen molar-refractivity contribution in [2.75, 3.05) is 13.1 Å². The van der Waals surface area contributed by atoms with E-state index < -0.39 is 23.7 Å². The van der Waals surface area contributed by atoms with E-state index in [1.807, 2.05) is 23.6 Å². The Bertz CT molecular complexity index is 1080. The van der Waals surface area contributed by atoms with Crippen LogP contribution in [0.4, 0.5) is 0 Å². The molecule has 1 aliphatic heterocycles. The molecular formula is C19H21N5O4S. The number of thiophene rings is 1. The Hall–Kier alpha value is -3.19. The summed E-state index contributed by atoms with van der Waals surface area (Å²) in [7, 11) is 0. The number of rotatable bonds is 7. The normalized spacial score (nSPS) is 12.3. The van der Waals surface area contributed by atoms with E-state index >= 15 is 0 Å². The van der Waals surface area contributed by atoms with Gasteiger partial charge in [0.2, 0.25) is 11.8 Å². The summed E-state index contributed by atoms with van der Waals surface area (Å²) in [6.45, 7) is 2.08. The lowest BCUT2D eigenvalue weighted by Gasteiger charge is -2.21. The van der Waals surface area contributed by atoms with Crippen LogP contribution in [-0.2, 0) is 35.6 Å². The van der Waals surface area contributed by atoms with E-state index in [0.29, 0.717) is 31.6 Å². The minimum atomic E-state index is -0.753. The number of aromatic nitrogens is 2. The predicted octanol–water partition coefficient (Wildman–Crippen LogP) is 0.0543. The molecule has 0 fully saturated rings. The van der Waals surface area contributed by atoms with Gasteiger partial charge >= 0.3 is 5.69 Å². The molecular weight excluding hydrogens is 394 g/mol. The molecule has 0 radical (unpaired) electrons. The van der Waals surface area contributed by atoms with Crippen LogP contribution in [0.1, 0.15) is 29.5 Å². The summed E-state index contributed by atoms with van der Waals surface area (Å²) in [4.78, 5) is 52.3. The number of carbonyl (C=O) groups excluding carboxylic acids is 2. The zero-order valence-corrected chi connectivity index (χ0v) is 16.8. The molecule has 0 aliphatic carbocycles. The Balaban J connectivity index is 1.73. The molecule has 152 valence electrons. The van der Waals surface area contributed by atoms with Gasteiger partial charge in [0.05, 0.1) is 13.1 Å². The third-order valence-electron chi connectivity index (χ3n) is 4.84. The smallest absolute Gasteiger partial charge is 0.331 e. The fourth-order valence-electron chi connectivity index (χ4n) is 3.33. The van der Waals surface area contributed by atoms with Crippen molar-refractivity contribution in [2.45, 2.75) is 39.4 Å². The minimum absolute atomic E-state index is 0.0911. The van der Waals surface area contributed by atoms with E-state index in [-0.39, 0.29) is 24.6 Å². The summed E-state index contributed by atoms with van der Waals surface area (Å²) >= 11 is 1.52. The van der Waals surface area contributed by atoms with Gasteiger partial charge in [-0.3, -0.25) is 19.0 Å². The number of hydrogen-bond donors (Lipinski definition) is 1. The van der Waals surface area contributed by atoms with Gasteiger partial charge in [-0.15, -0.1) is 11.3 Å². The second-order valence-electron chi connectivity index (χ2n) is 6.63. The number of nitrogens with one attached hydrogen (secondary N) is 1. The first kappa shape index (κ1) is 20.5. The molecule has 29 heavy (non-hydrogen) atoms. The zero-order chi connectivity index (χ0) is 21.0. The van der Waals surface area contributed by atoms with Crippen molar-refractivity contribution in [3.8, 4) is 6.07 Å². The third-order valence-corrected chi connectivity index (χ3v) is 5.72. The van der Waals surface area contributed by atoms with Gasteiger partial charge in [-0.05, 0) is 31.2 Å². The Morgan fingerprint density at radius 1 is 1.38 bits per heavy atom. The Morgan fingerprint density at radius 3 is 2.83 bits per heavy atom. The Kier molecular flexibility index (Phi) is 6.29. The molecule has 2 aromatic heterocycles. The molecule has 0 bridgehead atoms. The van der Waals surface area contributed by atoms with E-state index in [1.54, 1.807) is 6.92 Å². The number of fused-ring (bicyclic) bond motifs is 1. The van der Waals surface area contributed by atoms with Crippen LogP contribution in [0.5, 0.6) is 0 Å². The average molecular weight is 415 g/mol. The van der Waals surface area contributed by atoms with Crippen LogP contribution < -0.4 is 16.6 Å². The lowest BCUT2D eigenvalue weighted by atomic mass is 10.2. The summed E-state index contributed by atoms with van der Waals surface area (Å²) in [6, 6.07) is 5.64. The SMILES string of the molecule is CCN(CC(=O)NCc1cccs1)C(=O)Cn1c(=O)c(C#N)c2n(c1=O)CCC2. The number of amides is 2. The highest BCUT2D eigenvalue weighted by Crippen LogP contribution is 2.13. The molecule has 1 N–H and O–H groups in total. The molecule has 0 spiro atoms. The summed E-state index contributed by atoms with van der Waals surface area (Å²) in [6.07, 6.45) is 1.17. The van der Waals surface area contributed by atoms with Crippen molar-refractivity contribution >= 4 is 23.2 Å². The van der Waals surface area contributed by atoms with Crippen LogP contribution in [0.25, 0.3) is 0 Å². The molecule has 0 atom stereocenters. The molecule has 2 amide bonds. The van der Waals surface area contributed by atoms with Crippen LogP contribution in [0, 0.1) is 11.3 Å². The van der Waals surface area contributed by atoms with Gasteiger partial charge in [0.15, 0.2) is 0 Å². The maximum atomic E-state index is 12.7. The van der Waals surface area contributed by atoms with Crippen LogP contribution >= 0.6 is 11.3 Å². The maximum absolute atomic E-state index is 12.7. The second kappa shape index (κ2) is 8.87. The first-order chi connectivity index (χ1) is 14.0. The molecule has 3 heterocycles. The van der Waals surface area contributed by atoms with Gasteiger partial charge in [0.25, 0.3) is 5.56 Å². The van der Waals surface area contributed by atoms with Gasteiger partial charge in [0.1, 0.15) is 18.2 Å². The molecule has 0 saturated carbocycles. The van der Waals surface area contributed by atoms with Crippen molar-refractivity contribution in [3.63, 3.8) is 0 Å². The summed E-state index contributed by atoms with van der Waals surface area (Å²) < 4.78 is 2.18. The fraction of sp³-hybridized carbons (Fsp3) is 0.421. The van der Waals surface area contributed by atoms with Gasteiger partial charge in [-0.1, -0.05) is 6.07 Å². The summed E-state index contributed by atoms with van der Waals surface area (Å²) in [5.74, 6) is -0.857. The number of nitrogens with zero attached hydrogens (tertiary/aromatic N) is 4. The molecule has 9 nitrogen and oxygen atoms in total. The predicted molar refractivity (Wildman–Crippen MR) is 106 cm³/mol. The first-order valence-electron chi connectivity index (χ1n) is 9.29. The third kappa shape index (κ3) is 4.30. The molecule has 0 aromatic carbocycles. The van der Waals surface area contributed by atoms with Crippen LogP contribution in [0.15, 0.2) is 27.1 Å². The van der Waals surface area contributed by atoms with Crippen molar-refractivity contribution in [3.05, 3.63) is 54.5 Å². The van der Waals surface area contributed by atoms with Crippen molar-refractivity contribution in [1.29, 1.82) is 5.26 Å². The fourth-order valence-corrected chi connectivity index (χ4v) is 3.97. The molecule has 3 rings (SSSR count). The lowest BCUT2D eigenvalue weighted by molar-refractivity contribution is -0.136. The number of hydrogen-bond acceptors (Lipinski definition) is 6. The van der Waals surface area contributed by atoms with E-state index in [1.165, 1.54) is 20.8 Å². The number of likely N-dealkylation sites (N-methyl/N-ethyl adjacent to an activating group) is 1. The average Bonchev–Trinajstić information content (AvgIpc) is 3.40. The van der Waals surface area contributed by atoms with Crippen molar-refractivity contribution in [1.82, 2.24) is 19.4 Å².